The molecule has 0 atom stereocenters. The number of carbonyl (C=O) groups is 1. The summed E-state index contributed by atoms with van der Waals surface area (Å²) in [6, 6.07) is 8.51. The van der Waals surface area contributed by atoms with E-state index in [0.717, 1.165) is 4.90 Å². The SMILES string of the molecule is O=[C]CN(C(=O)OCC(Cl)(Cl)Cl)c1ccccc1. The second-order valence-electron chi connectivity index (χ2n) is 3.24. The first-order chi connectivity index (χ1) is 8.44. The molecule has 0 heterocycles. The van der Waals surface area contributed by atoms with E-state index < -0.39 is 16.5 Å². The summed E-state index contributed by atoms with van der Waals surface area (Å²) in [4.78, 5) is 23.3. The van der Waals surface area contributed by atoms with Crippen LogP contribution in [0.5, 0.6) is 0 Å². The summed E-state index contributed by atoms with van der Waals surface area (Å²) in [6.45, 7) is -0.665. The molecule has 97 valence electrons. The van der Waals surface area contributed by atoms with Crippen molar-refractivity contribution >= 4 is 52.9 Å². The molecule has 0 aliphatic heterocycles. The lowest BCUT2D eigenvalue weighted by atomic mass is 10.3. The molecule has 0 aliphatic carbocycles. The van der Waals surface area contributed by atoms with E-state index in [1.165, 1.54) is 0 Å². The molecule has 0 spiro atoms. The van der Waals surface area contributed by atoms with Crippen LogP contribution < -0.4 is 4.90 Å². The van der Waals surface area contributed by atoms with E-state index in [1.807, 2.05) is 0 Å². The molecular weight excluding hydrogens is 300 g/mol. The maximum absolute atomic E-state index is 11.7. The highest BCUT2D eigenvalue weighted by Crippen LogP contribution is 2.26. The Hall–Kier alpha value is -0.970. The van der Waals surface area contributed by atoms with Crippen LogP contribution in [0.25, 0.3) is 0 Å². The molecule has 1 aromatic carbocycles. The normalized spacial score (nSPS) is 10.8. The number of alkyl halides is 3. The largest absolute Gasteiger partial charge is 0.445 e. The van der Waals surface area contributed by atoms with Crippen molar-refractivity contribution in [1.82, 2.24) is 0 Å². The molecule has 0 fully saturated rings. The van der Waals surface area contributed by atoms with Gasteiger partial charge in [-0.1, -0.05) is 53.0 Å². The van der Waals surface area contributed by atoms with Crippen LogP contribution in [0.4, 0.5) is 10.5 Å². The lowest BCUT2D eigenvalue weighted by Gasteiger charge is -2.20. The highest BCUT2D eigenvalue weighted by molar-refractivity contribution is 6.67. The average molecular weight is 310 g/mol. The van der Waals surface area contributed by atoms with Gasteiger partial charge in [-0.05, 0) is 12.1 Å². The van der Waals surface area contributed by atoms with Crippen LogP contribution in [0, 0.1) is 0 Å². The molecule has 1 rings (SSSR count). The number of carbonyl (C=O) groups excluding carboxylic acids is 2. The van der Waals surface area contributed by atoms with Gasteiger partial charge in [0.1, 0.15) is 6.61 Å². The number of halogens is 3. The Balaban J connectivity index is 2.73. The summed E-state index contributed by atoms with van der Waals surface area (Å²) < 4.78 is 3.10. The number of rotatable bonds is 4. The summed E-state index contributed by atoms with van der Waals surface area (Å²) in [7, 11) is 0. The van der Waals surface area contributed by atoms with Crippen LogP contribution in [0.3, 0.4) is 0 Å². The van der Waals surface area contributed by atoms with Gasteiger partial charge in [0.05, 0.1) is 6.54 Å². The van der Waals surface area contributed by atoms with Crippen molar-refractivity contribution in [2.75, 3.05) is 18.1 Å². The van der Waals surface area contributed by atoms with Gasteiger partial charge in [0.25, 0.3) is 0 Å². The number of amides is 1. The molecule has 0 N–H and O–H groups in total. The van der Waals surface area contributed by atoms with E-state index in [-0.39, 0.29) is 6.54 Å². The van der Waals surface area contributed by atoms with Gasteiger partial charge in [0.15, 0.2) is 0 Å². The van der Waals surface area contributed by atoms with Gasteiger partial charge in [-0.25, -0.2) is 4.79 Å². The highest BCUT2D eigenvalue weighted by Gasteiger charge is 2.25. The van der Waals surface area contributed by atoms with Gasteiger partial charge >= 0.3 is 6.09 Å². The lowest BCUT2D eigenvalue weighted by Crippen LogP contribution is -2.34. The summed E-state index contributed by atoms with van der Waals surface area (Å²) in [5.41, 5.74) is 0.496. The summed E-state index contributed by atoms with van der Waals surface area (Å²) in [5, 5.41) is 0. The van der Waals surface area contributed by atoms with Crippen molar-refractivity contribution in [3.63, 3.8) is 0 Å². The van der Waals surface area contributed by atoms with E-state index in [0.29, 0.717) is 5.69 Å². The minimum Gasteiger partial charge on any atom is -0.445 e. The zero-order valence-corrected chi connectivity index (χ0v) is 11.4. The van der Waals surface area contributed by atoms with Gasteiger partial charge in [-0.15, -0.1) is 0 Å². The second kappa shape index (κ2) is 6.83. The average Bonchev–Trinajstić information content (AvgIpc) is 2.33. The maximum Gasteiger partial charge on any atom is 0.414 e. The number of hydrogen-bond donors (Lipinski definition) is 0. The molecule has 0 unspecified atom stereocenters. The first-order valence-electron chi connectivity index (χ1n) is 4.85. The molecule has 1 radical (unpaired) electrons. The van der Waals surface area contributed by atoms with Crippen molar-refractivity contribution in [3.05, 3.63) is 30.3 Å². The lowest BCUT2D eigenvalue weighted by molar-refractivity contribution is 0.156. The summed E-state index contributed by atoms with van der Waals surface area (Å²) in [6.07, 6.45) is 0.839. The van der Waals surface area contributed by atoms with Crippen molar-refractivity contribution < 1.29 is 14.3 Å². The molecule has 1 aromatic rings. The highest BCUT2D eigenvalue weighted by atomic mass is 35.6. The molecule has 7 heteroatoms. The van der Waals surface area contributed by atoms with Crippen molar-refractivity contribution in [2.45, 2.75) is 3.79 Å². The van der Waals surface area contributed by atoms with E-state index in [9.17, 15) is 9.59 Å². The standard InChI is InChI=1S/C11H9Cl3NO3/c12-11(13,14)8-18-10(17)15(6-7-16)9-4-2-1-3-5-9/h1-5H,6,8H2. The predicted octanol–water partition coefficient (Wildman–Crippen LogP) is 3.11. The Morgan fingerprint density at radius 3 is 2.39 bits per heavy atom. The molecule has 0 saturated heterocycles. The molecule has 4 nitrogen and oxygen atoms in total. The molecule has 0 aromatic heterocycles. The first-order valence-corrected chi connectivity index (χ1v) is 5.98. The van der Waals surface area contributed by atoms with Crippen molar-refractivity contribution in [2.24, 2.45) is 0 Å². The van der Waals surface area contributed by atoms with Gasteiger partial charge in [-0.2, -0.15) is 0 Å². The van der Waals surface area contributed by atoms with Crippen LogP contribution in [-0.2, 0) is 9.53 Å². The number of anilines is 1. The van der Waals surface area contributed by atoms with E-state index >= 15 is 0 Å². The summed E-state index contributed by atoms with van der Waals surface area (Å²) >= 11 is 16.4. The van der Waals surface area contributed by atoms with Gasteiger partial charge in [0, 0.05) is 5.69 Å². The number of nitrogens with zero attached hydrogens (tertiary/aromatic N) is 1. The summed E-state index contributed by atoms with van der Waals surface area (Å²) in [5.74, 6) is 0. The second-order valence-corrected chi connectivity index (χ2v) is 5.75. The van der Waals surface area contributed by atoms with Gasteiger partial charge < -0.3 is 4.74 Å². The quantitative estimate of drug-likeness (QED) is 0.803. The van der Waals surface area contributed by atoms with Crippen molar-refractivity contribution in [1.29, 1.82) is 0 Å². The minimum absolute atomic E-state index is 0.261. The van der Waals surface area contributed by atoms with E-state index in [1.54, 1.807) is 36.6 Å². The smallest absolute Gasteiger partial charge is 0.414 e. The Kier molecular flexibility index (Phi) is 5.72. The predicted molar refractivity (Wildman–Crippen MR) is 71.1 cm³/mol. The maximum atomic E-state index is 11.7. The fourth-order valence-electron chi connectivity index (χ4n) is 1.16. The Morgan fingerprint density at radius 2 is 1.89 bits per heavy atom. The fraction of sp³-hybridized carbons (Fsp3) is 0.273. The molecule has 0 bridgehead atoms. The number of para-hydroxylation sites is 1. The van der Waals surface area contributed by atoms with Crippen LogP contribution in [0.1, 0.15) is 0 Å². The Labute approximate surface area is 119 Å². The zero-order chi connectivity index (χ0) is 13.6. The number of benzene rings is 1. The number of hydrogen-bond acceptors (Lipinski definition) is 3. The molecule has 18 heavy (non-hydrogen) atoms. The monoisotopic (exact) mass is 308 g/mol. The molecule has 0 aliphatic rings. The molecular formula is C11H9Cl3NO3. The third-order valence-corrected chi connectivity index (χ3v) is 2.20. The van der Waals surface area contributed by atoms with E-state index in [2.05, 4.69) is 0 Å². The Bertz CT molecular complexity index is 406. The van der Waals surface area contributed by atoms with Crippen LogP contribution in [0.15, 0.2) is 30.3 Å². The van der Waals surface area contributed by atoms with Gasteiger partial charge in [0.2, 0.25) is 10.1 Å². The first kappa shape index (κ1) is 15.1. The van der Waals surface area contributed by atoms with E-state index in [4.69, 9.17) is 39.5 Å². The van der Waals surface area contributed by atoms with Crippen LogP contribution in [-0.4, -0.2) is 29.3 Å². The number of ether oxygens (including phenoxy) is 1. The van der Waals surface area contributed by atoms with Crippen LogP contribution >= 0.6 is 34.8 Å². The fourth-order valence-corrected chi connectivity index (χ4v) is 1.32. The minimum atomic E-state index is -1.69. The van der Waals surface area contributed by atoms with Gasteiger partial charge in [-0.3, -0.25) is 9.69 Å². The zero-order valence-electron chi connectivity index (χ0n) is 9.11. The third-order valence-electron chi connectivity index (χ3n) is 1.87. The van der Waals surface area contributed by atoms with Crippen molar-refractivity contribution in [3.8, 4) is 0 Å². The molecule has 0 saturated carbocycles. The topological polar surface area (TPSA) is 46.6 Å². The van der Waals surface area contributed by atoms with Crippen LogP contribution in [0.2, 0.25) is 0 Å². The molecule has 1 amide bonds. The Morgan fingerprint density at radius 1 is 1.28 bits per heavy atom. The third kappa shape index (κ3) is 5.12.